The highest BCUT2D eigenvalue weighted by Crippen LogP contribution is 2.30. The molecule has 1 amide bonds. The smallest absolute Gasteiger partial charge is 0.243 e. The Labute approximate surface area is 148 Å². The number of sulfone groups is 1. The van der Waals surface area contributed by atoms with E-state index in [1.807, 2.05) is 0 Å². The number of amides is 1. The third-order valence-corrected chi connectivity index (χ3v) is 6.69. The minimum Gasteiger partial charge on any atom is -0.495 e. The van der Waals surface area contributed by atoms with Gasteiger partial charge in [0.25, 0.3) is 0 Å². The molecule has 0 atom stereocenters. The van der Waals surface area contributed by atoms with Gasteiger partial charge in [0.05, 0.1) is 23.4 Å². The molecule has 1 aromatic rings. The van der Waals surface area contributed by atoms with Gasteiger partial charge in [0.1, 0.15) is 15.6 Å². The molecular weight excluding hydrogens is 368 g/mol. The number of methoxy groups -OCH3 is 1. The zero-order valence-electron chi connectivity index (χ0n) is 14.2. The van der Waals surface area contributed by atoms with Crippen molar-refractivity contribution in [3.63, 3.8) is 0 Å². The number of anilines is 1. The number of sulfonamides is 1. The van der Waals surface area contributed by atoms with Crippen LogP contribution in [0.3, 0.4) is 0 Å². The number of nitrogens with one attached hydrogen (secondary N) is 1. The predicted octanol–water partition coefficient (Wildman–Crippen LogP) is 0.853. The highest BCUT2D eigenvalue weighted by atomic mass is 32.2. The van der Waals surface area contributed by atoms with Crippen LogP contribution in [-0.4, -0.2) is 59.3 Å². The molecular formula is C15H22N2O6S2. The molecule has 1 N–H and O–H groups in total. The number of hydrogen-bond acceptors (Lipinski definition) is 6. The van der Waals surface area contributed by atoms with Crippen molar-refractivity contribution in [2.24, 2.45) is 0 Å². The zero-order valence-corrected chi connectivity index (χ0v) is 15.8. The first kappa shape index (κ1) is 19.7. The number of nitrogens with zero attached hydrogens (tertiary/aromatic N) is 1. The van der Waals surface area contributed by atoms with Crippen molar-refractivity contribution in [1.29, 1.82) is 0 Å². The van der Waals surface area contributed by atoms with Gasteiger partial charge >= 0.3 is 0 Å². The van der Waals surface area contributed by atoms with E-state index in [9.17, 15) is 21.6 Å². The van der Waals surface area contributed by atoms with Crippen molar-refractivity contribution in [1.82, 2.24) is 4.31 Å². The lowest BCUT2D eigenvalue weighted by Crippen LogP contribution is -2.28. The summed E-state index contributed by atoms with van der Waals surface area (Å²) in [7, 11) is -5.49. The highest BCUT2D eigenvalue weighted by Gasteiger charge is 2.28. The molecule has 10 heteroatoms. The van der Waals surface area contributed by atoms with Crippen molar-refractivity contribution in [3.8, 4) is 5.75 Å². The second-order valence-corrected chi connectivity index (χ2v) is 10.1. The number of ether oxygens (including phenoxy) is 1. The van der Waals surface area contributed by atoms with Gasteiger partial charge in [-0.3, -0.25) is 4.79 Å². The first-order valence-corrected chi connectivity index (χ1v) is 11.3. The van der Waals surface area contributed by atoms with Crippen LogP contribution in [0.25, 0.3) is 0 Å². The van der Waals surface area contributed by atoms with Gasteiger partial charge in [0, 0.05) is 25.8 Å². The molecule has 140 valence electrons. The molecule has 1 heterocycles. The maximum atomic E-state index is 12.6. The number of hydrogen-bond donors (Lipinski definition) is 1. The Morgan fingerprint density at radius 3 is 2.40 bits per heavy atom. The molecule has 0 radical (unpaired) electrons. The Hall–Kier alpha value is -1.65. The molecule has 1 saturated heterocycles. The molecule has 1 aliphatic rings. The number of benzene rings is 1. The maximum Gasteiger partial charge on any atom is 0.243 e. The fourth-order valence-corrected chi connectivity index (χ4v) is 4.61. The predicted molar refractivity (Wildman–Crippen MR) is 93.9 cm³/mol. The summed E-state index contributed by atoms with van der Waals surface area (Å²) in [5.41, 5.74) is 0.196. The maximum absolute atomic E-state index is 12.6. The molecule has 1 fully saturated rings. The summed E-state index contributed by atoms with van der Waals surface area (Å²) >= 11 is 0. The van der Waals surface area contributed by atoms with Crippen LogP contribution in [0, 0.1) is 0 Å². The first-order valence-electron chi connectivity index (χ1n) is 7.79. The number of carbonyl (C=O) groups is 1. The number of rotatable bonds is 7. The van der Waals surface area contributed by atoms with Crippen LogP contribution in [0.2, 0.25) is 0 Å². The first-order chi connectivity index (χ1) is 11.6. The summed E-state index contributed by atoms with van der Waals surface area (Å²) in [6.07, 6.45) is 2.48. The molecule has 1 aromatic carbocycles. The van der Waals surface area contributed by atoms with Crippen molar-refractivity contribution in [2.45, 2.75) is 24.2 Å². The quantitative estimate of drug-likeness (QED) is 0.739. The van der Waals surface area contributed by atoms with Gasteiger partial charge in [-0.25, -0.2) is 16.8 Å². The van der Waals surface area contributed by atoms with Crippen LogP contribution < -0.4 is 10.1 Å². The molecule has 0 bridgehead atoms. The lowest BCUT2D eigenvalue weighted by molar-refractivity contribution is -0.115. The Bertz CT molecular complexity index is 843. The second kappa shape index (κ2) is 7.71. The van der Waals surface area contributed by atoms with Crippen LogP contribution in [-0.2, 0) is 24.7 Å². The lowest BCUT2D eigenvalue weighted by atomic mass is 10.3. The Kier molecular flexibility index (Phi) is 6.07. The van der Waals surface area contributed by atoms with E-state index in [1.165, 1.54) is 29.6 Å². The standard InChI is InChI=1S/C15H22N2O6S2/c1-23-14-6-5-12(25(21,22)17-8-3-4-9-17)11-13(14)16-15(18)7-10-24(2,19)20/h5-6,11H,3-4,7-10H2,1-2H3,(H,16,18). The molecule has 1 aliphatic heterocycles. The summed E-state index contributed by atoms with van der Waals surface area (Å²) in [5.74, 6) is -0.514. The van der Waals surface area contributed by atoms with E-state index in [1.54, 1.807) is 0 Å². The molecule has 0 aliphatic carbocycles. The Balaban J connectivity index is 2.23. The summed E-state index contributed by atoms with van der Waals surface area (Å²) < 4.78 is 54.1. The normalized spacial score (nSPS) is 15.9. The molecule has 25 heavy (non-hydrogen) atoms. The highest BCUT2D eigenvalue weighted by molar-refractivity contribution is 7.90. The van der Waals surface area contributed by atoms with Crippen molar-refractivity contribution in [2.75, 3.05) is 37.5 Å². The molecule has 0 unspecified atom stereocenters. The fraction of sp³-hybridized carbons (Fsp3) is 0.533. The van der Waals surface area contributed by atoms with E-state index < -0.39 is 25.8 Å². The molecule has 0 spiro atoms. The lowest BCUT2D eigenvalue weighted by Gasteiger charge is -2.17. The minimum absolute atomic E-state index is 0.0635. The topological polar surface area (TPSA) is 110 Å². The largest absolute Gasteiger partial charge is 0.495 e. The third kappa shape index (κ3) is 5.16. The van der Waals surface area contributed by atoms with E-state index in [2.05, 4.69) is 5.32 Å². The van der Waals surface area contributed by atoms with Crippen LogP contribution in [0.1, 0.15) is 19.3 Å². The molecule has 0 aromatic heterocycles. The van der Waals surface area contributed by atoms with E-state index >= 15 is 0 Å². The van der Waals surface area contributed by atoms with Crippen LogP contribution in [0.15, 0.2) is 23.1 Å². The van der Waals surface area contributed by atoms with E-state index in [0.29, 0.717) is 18.8 Å². The zero-order chi connectivity index (χ0) is 18.7. The monoisotopic (exact) mass is 390 g/mol. The van der Waals surface area contributed by atoms with Crippen LogP contribution >= 0.6 is 0 Å². The molecule has 8 nitrogen and oxygen atoms in total. The second-order valence-electron chi connectivity index (χ2n) is 5.90. The van der Waals surface area contributed by atoms with Gasteiger partial charge in [0.2, 0.25) is 15.9 Å². The van der Waals surface area contributed by atoms with Crippen molar-refractivity contribution >= 4 is 31.5 Å². The summed E-state index contributed by atoms with van der Waals surface area (Å²) in [5, 5.41) is 2.53. The van der Waals surface area contributed by atoms with Crippen LogP contribution in [0.4, 0.5) is 5.69 Å². The summed E-state index contributed by atoms with van der Waals surface area (Å²) in [6, 6.07) is 4.23. The van der Waals surface area contributed by atoms with Gasteiger partial charge in [-0.05, 0) is 31.0 Å². The minimum atomic E-state index is -3.63. The van der Waals surface area contributed by atoms with Crippen LogP contribution in [0.5, 0.6) is 5.75 Å². The van der Waals surface area contributed by atoms with E-state index in [0.717, 1.165) is 19.1 Å². The van der Waals surface area contributed by atoms with Gasteiger partial charge in [-0.15, -0.1) is 0 Å². The third-order valence-electron chi connectivity index (χ3n) is 3.85. The Morgan fingerprint density at radius 2 is 1.84 bits per heavy atom. The molecule has 2 rings (SSSR count). The average Bonchev–Trinajstić information content (AvgIpc) is 3.07. The number of carbonyl (C=O) groups excluding carboxylic acids is 1. The van der Waals surface area contributed by atoms with E-state index in [4.69, 9.17) is 4.74 Å². The van der Waals surface area contributed by atoms with Gasteiger partial charge < -0.3 is 10.1 Å². The van der Waals surface area contributed by atoms with Gasteiger partial charge in [-0.1, -0.05) is 0 Å². The SMILES string of the molecule is COc1ccc(S(=O)(=O)N2CCCC2)cc1NC(=O)CCS(C)(=O)=O. The summed E-state index contributed by atoms with van der Waals surface area (Å²) in [6.45, 7) is 0.953. The summed E-state index contributed by atoms with van der Waals surface area (Å²) in [4.78, 5) is 12.0. The average molecular weight is 390 g/mol. The van der Waals surface area contributed by atoms with Crippen molar-refractivity contribution < 1.29 is 26.4 Å². The van der Waals surface area contributed by atoms with Gasteiger partial charge in [0.15, 0.2) is 0 Å². The Morgan fingerprint density at radius 1 is 1.20 bits per heavy atom. The molecule has 0 saturated carbocycles. The van der Waals surface area contributed by atoms with E-state index in [-0.39, 0.29) is 22.8 Å². The fourth-order valence-electron chi connectivity index (χ4n) is 2.51. The van der Waals surface area contributed by atoms with Gasteiger partial charge in [-0.2, -0.15) is 4.31 Å². The van der Waals surface area contributed by atoms with Crippen molar-refractivity contribution in [3.05, 3.63) is 18.2 Å².